The molecule has 3 nitrogen and oxygen atoms in total. The topological polar surface area (TPSA) is 27.3 Å². The first-order valence-electron chi connectivity index (χ1n) is 10.1. The van der Waals surface area contributed by atoms with Crippen LogP contribution in [-0.2, 0) is 6.54 Å². The van der Waals surface area contributed by atoms with E-state index in [0.29, 0.717) is 12.1 Å². The third kappa shape index (κ3) is 4.55. The van der Waals surface area contributed by atoms with E-state index in [9.17, 15) is 0 Å². The number of piperidine rings is 2. The lowest BCUT2D eigenvalue weighted by Gasteiger charge is -2.49. The van der Waals surface area contributed by atoms with E-state index >= 15 is 0 Å². The van der Waals surface area contributed by atoms with E-state index in [1.165, 1.54) is 69.1 Å². The van der Waals surface area contributed by atoms with Gasteiger partial charge in [0.2, 0.25) is 0 Å². The smallest absolute Gasteiger partial charge is 0.166 e. The molecule has 5 heteroatoms. The fraction of sp³-hybridized carbons (Fsp3) is 0.750. The summed E-state index contributed by atoms with van der Waals surface area (Å²) in [5.41, 5.74) is 0. The SMILES string of the molecule is S=C(NC1CCCCC1)NC1CC2CCCC(C1)N2Cc1cccs1. The van der Waals surface area contributed by atoms with Crippen molar-refractivity contribution in [2.75, 3.05) is 0 Å². The molecule has 1 aromatic heterocycles. The Labute approximate surface area is 161 Å². The zero-order valence-electron chi connectivity index (χ0n) is 15.1. The largest absolute Gasteiger partial charge is 0.360 e. The molecule has 2 aliphatic heterocycles. The summed E-state index contributed by atoms with van der Waals surface area (Å²) in [4.78, 5) is 4.29. The maximum atomic E-state index is 5.64. The summed E-state index contributed by atoms with van der Waals surface area (Å²) in [6, 6.07) is 7.08. The molecule has 2 unspecified atom stereocenters. The van der Waals surface area contributed by atoms with Crippen molar-refractivity contribution in [3.63, 3.8) is 0 Å². The number of thiocarbonyl (C=S) groups is 1. The molecule has 3 fully saturated rings. The maximum absolute atomic E-state index is 5.64. The molecule has 25 heavy (non-hydrogen) atoms. The highest BCUT2D eigenvalue weighted by Gasteiger charge is 2.38. The summed E-state index contributed by atoms with van der Waals surface area (Å²) >= 11 is 7.53. The minimum Gasteiger partial charge on any atom is -0.360 e. The summed E-state index contributed by atoms with van der Waals surface area (Å²) < 4.78 is 0. The van der Waals surface area contributed by atoms with Crippen molar-refractivity contribution in [2.24, 2.45) is 0 Å². The average Bonchev–Trinajstić information content (AvgIpc) is 3.09. The van der Waals surface area contributed by atoms with E-state index in [2.05, 4.69) is 33.0 Å². The maximum Gasteiger partial charge on any atom is 0.166 e. The molecule has 2 saturated heterocycles. The van der Waals surface area contributed by atoms with Crippen LogP contribution in [0.4, 0.5) is 0 Å². The van der Waals surface area contributed by atoms with Crippen molar-refractivity contribution in [3.05, 3.63) is 22.4 Å². The molecule has 4 rings (SSSR count). The van der Waals surface area contributed by atoms with E-state index in [-0.39, 0.29) is 0 Å². The van der Waals surface area contributed by atoms with Crippen molar-refractivity contribution in [2.45, 2.75) is 94.9 Å². The summed E-state index contributed by atoms with van der Waals surface area (Å²) in [6.07, 6.45) is 13.3. The van der Waals surface area contributed by atoms with Gasteiger partial charge in [-0.25, -0.2) is 0 Å². The molecule has 0 amide bonds. The molecule has 0 spiro atoms. The Hall–Kier alpha value is -0.650. The quantitative estimate of drug-likeness (QED) is 0.759. The van der Waals surface area contributed by atoms with Gasteiger partial charge >= 0.3 is 0 Å². The fourth-order valence-corrected chi connectivity index (χ4v) is 6.14. The third-order valence-electron chi connectivity index (χ3n) is 6.32. The van der Waals surface area contributed by atoms with Crippen LogP contribution in [0.5, 0.6) is 0 Å². The normalized spacial score (nSPS) is 30.8. The first kappa shape index (κ1) is 17.7. The number of thiophene rings is 1. The Bertz CT molecular complexity index is 539. The van der Waals surface area contributed by atoms with E-state index in [1.807, 2.05) is 11.3 Å². The predicted molar refractivity (Wildman–Crippen MR) is 110 cm³/mol. The standard InChI is InChI=1S/C20H31N3S2/c24-20(21-15-6-2-1-3-7-15)22-16-12-17-8-4-9-18(13-16)23(17)14-19-10-5-11-25-19/h5,10-11,15-18H,1-4,6-9,12-14H2,(H2,21,22,24). The van der Waals surface area contributed by atoms with Crippen molar-refractivity contribution in [1.82, 2.24) is 15.5 Å². The second-order valence-electron chi connectivity index (χ2n) is 8.11. The second-order valence-corrected chi connectivity index (χ2v) is 9.55. The molecule has 1 saturated carbocycles. The Morgan fingerprint density at radius 1 is 1.00 bits per heavy atom. The van der Waals surface area contributed by atoms with Gasteiger partial charge in [-0.1, -0.05) is 31.7 Å². The van der Waals surface area contributed by atoms with Crippen molar-refractivity contribution >= 4 is 28.7 Å². The van der Waals surface area contributed by atoms with E-state index in [1.54, 1.807) is 0 Å². The van der Waals surface area contributed by atoms with Crippen molar-refractivity contribution in [1.29, 1.82) is 0 Å². The Morgan fingerprint density at radius 2 is 1.72 bits per heavy atom. The molecule has 2 N–H and O–H groups in total. The number of rotatable bonds is 4. The zero-order valence-corrected chi connectivity index (χ0v) is 16.7. The van der Waals surface area contributed by atoms with Crippen LogP contribution in [0, 0.1) is 0 Å². The van der Waals surface area contributed by atoms with Crippen LogP contribution in [0.2, 0.25) is 0 Å². The fourth-order valence-electron chi connectivity index (χ4n) is 5.10. The van der Waals surface area contributed by atoms with Gasteiger partial charge in [0.05, 0.1) is 0 Å². The highest BCUT2D eigenvalue weighted by Crippen LogP contribution is 2.35. The Kier molecular flexibility index (Phi) is 5.94. The molecule has 2 bridgehead atoms. The summed E-state index contributed by atoms with van der Waals surface area (Å²) in [5, 5.41) is 10.4. The highest BCUT2D eigenvalue weighted by molar-refractivity contribution is 7.80. The highest BCUT2D eigenvalue weighted by atomic mass is 32.1. The summed E-state index contributed by atoms with van der Waals surface area (Å²) in [7, 11) is 0. The molecule has 0 radical (unpaired) electrons. The van der Waals surface area contributed by atoms with Crippen LogP contribution in [0.3, 0.4) is 0 Å². The molecule has 0 aromatic carbocycles. The third-order valence-corrected chi connectivity index (χ3v) is 7.42. The van der Waals surface area contributed by atoms with Gasteiger partial charge in [0.25, 0.3) is 0 Å². The molecule has 3 aliphatic rings. The monoisotopic (exact) mass is 377 g/mol. The lowest BCUT2D eigenvalue weighted by atomic mass is 9.81. The molecular formula is C20H31N3S2. The number of hydrogen-bond acceptors (Lipinski definition) is 3. The van der Waals surface area contributed by atoms with E-state index < -0.39 is 0 Å². The van der Waals surface area contributed by atoms with Crippen LogP contribution in [-0.4, -0.2) is 34.2 Å². The van der Waals surface area contributed by atoms with E-state index in [0.717, 1.165) is 23.7 Å². The number of fused-ring (bicyclic) bond motifs is 2. The molecule has 1 aliphatic carbocycles. The van der Waals surface area contributed by atoms with Crippen molar-refractivity contribution in [3.8, 4) is 0 Å². The minimum absolute atomic E-state index is 0.554. The van der Waals surface area contributed by atoms with Crippen LogP contribution in [0.1, 0.15) is 69.1 Å². The second kappa shape index (κ2) is 8.36. The number of nitrogens with zero attached hydrogens (tertiary/aromatic N) is 1. The van der Waals surface area contributed by atoms with Crippen LogP contribution < -0.4 is 10.6 Å². The van der Waals surface area contributed by atoms with Gasteiger partial charge in [0, 0.05) is 35.6 Å². The van der Waals surface area contributed by atoms with Gasteiger partial charge in [-0.2, -0.15) is 0 Å². The Balaban J connectivity index is 1.30. The number of hydrogen-bond donors (Lipinski definition) is 2. The van der Waals surface area contributed by atoms with Gasteiger partial charge in [-0.05, 0) is 62.2 Å². The first-order chi connectivity index (χ1) is 12.3. The lowest BCUT2D eigenvalue weighted by molar-refractivity contribution is 0.0218. The van der Waals surface area contributed by atoms with Gasteiger partial charge in [-0.3, -0.25) is 4.90 Å². The van der Waals surface area contributed by atoms with Crippen LogP contribution in [0.15, 0.2) is 17.5 Å². The molecular weight excluding hydrogens is 346 g/mol. The van der Waals surface area contributed by atoms with Crippen molar-refractivity contribution < 1.29 is 0 Å². The van der Waals surface area contributed by atoms with Gasteiger partial charge < -0.3 is 10.6 Å². The average molecular weight is 378 g/mol. The predicted octanol–water partition coefficient (Wildman–Crippen LogP) is 4.43. The molecule has 3 heterocycles. The van der Waals surface area contributed by atoms with E-state index in [4.69, 9.17) is 12.2 Å². The Morgan fingerprint density at radius 3 is 2.40 bits per heavy atom. The van der Waals surface area contributed by atoms with Gasteiger partial charge in [0.15, 0.2) is 5.11 Å². The number of nitrogens with one attached hydrogen (secondary N) is 2. The first-order valence-corrected chi connectivity index (χ1v) is 11.4. The summed E-state index contributed by atoms with van der Waals surface area (Å²) in [6.45, 7) is 1.14. The summed E-state index contributed by atoms with van der Waals surface area (Å²) in [5.74, 6) is 0. The molecule has 1 aromatic rings. The molecule has 2 atom stereocenters. The molecule has 138 valence electrons. The van der Waals surface area contributed by atoms with Crippen LogP contribution >= 0.6 is 23.6 Å². The van der Waals surface area contributed by atoms with Gasteiger partial charge in [0.1, 0.15) is 0 Å². The van der Waals surface area contributed by atoms with Crippen LogP contribution in [0.25, 0.3) is 0 Å². The zero-order chi connectivity index (χ0) is 17.1. The van der Waals surface area contributed by atoms with Gasteiger partial charge in [-0.15, -0.1) is 11.3 Å². The minimum atomic E-state index is 0.554. The lowest BCUT2D eigenvalue weighted by Crippen LogP contribution is -2.57.